The molecule has 0 amide bonds. The van der Waals surface area contributed by atoms with E-state index in [1.54, 1.807) is 31.2 Å². The van der Waals surface area contributed by atoms with E-state index in [0.717, 1.165) is 11.1 Å². The SMILES string of the molecule is Cc1cc(CC(C(=O)O)c2ccccc2)ccc1F. The average molecular weight is 258 g/mol. The van der Waals surface area contributed by atoms with Gasteiger partial charge in [-0.1, -0.05) is 42.5 Å². The molecule has 0 fully saturated rings. The molecule has 0 spiro atoms. The lowest BCUT2D eigenvalue weighted by molar-refractivity contribution is -0.138. The summed E-state index contributed by atoms with van der Waals surface area (Å²) in [5.41, 5.74) is 2.13. The van der Waals surface area contributed by atoms with Crippen molar-refractivity contribution in [3.8, 4) is 0 Å². The van der Waals surface area contributed by atoms with Gasteiger partial charge >= 0.3 is 5.97 Å². The van der Waals surface area contributed by atoms with Crippen molar-refractivity contribution in [3.05, 3.63) is 71.0 Å². The molecule has 0 aliphatic rings. The summed E-state index contributed by atoms with van der Waals surface area (Å²) in [7, 11) is 0. The van der Waals surface area contributed by atoms with Crippen molar-refractivity contribution in [3.63, 3.8) is 0 Å². The van der Waals surface area contributed by atoms with E-state index in [1.807, 2.05) is 18.2 Å². The minimum absolute atomic E-state index is 0.268. The lowest BCUT2D eigenvalue weighted by atomic mass is 9.91. The predicted molar refractivity (Wildman–Crippen MR) is 71.7 cm³/mol. The van der Waals surface area contributed by atoms with Crippen molar-refractivity contribution in [2.75, 3.05) is 0 Å². The smallest absolute Gasteiger partial charge is 0.311 e. The van der Waals surface area contributed by atoms with Crippen LogP contribution in [0.4, 0.5) is 4.39 Å². The van der Waals surface area contributed by atoms with Crippen LogP contribution in [0.1, 0.15) is 22.6 Å². The highest BCUT2D eigenvalue weighted by Gasteiger charge is 2.20. The van der Waals surface area contributed by atoms with Gasteiger partial charge in [0, 0.05) is 0 Å². The Kier molecular flexibility index (Phi) is 3.95. The molecule has 2 aromatic rings. The number of rotatable bonds is 4. The van der Waals surface area contributed by atoms with E-state index in [2.05, 4.69) is 0 Å². The third-order valence-corrected chi connectivity index (χ3v) is 3.16. The van der Waals surface area contributed by atoms with Gasteiger partial charge < -0.3 is 5.11 Å². The second-order valence-corrected chi connectivity index (χ2v) is 4.59. The van der Waals surface area contributed by atoms with Crippen molar-refractivity contribution in [2.45, 2.75) is 19.3 Å². The number of carboxylic acids is 1. The maximum absolute atomic E-state index is 13.2. The number of halogens is 1. The summed E-state index contributed by atoms with van der Waals surface area (Å²) in [6.45, 7) is 1.68. The van der Waals surface area contributed by atoms with Crippen LogP contribution in [0.5, 0.6) is 0 Å². The van der Waals surface area contributed by atoms with Gasteiger partial charge in [-0.15, -0.1) is 0 Å². The predicted octanol–water partition coefficient (Wildman–Crippen LogP) is 3.55. The van der Waals surface area contributed by atoms with Crippen LogP contribution in [-0.4, -0.2) is 11.1 Å². The Balaban J connectivity index is 2.27. The number of benzene rings is 2. The van der Waals surface area contributed by atoms with E-state index in [-0.39, 0.29) is 5.82 Å². The highest BCUT2D eigenvalue weighted by molar-refractivity contribution is 5.76. The van der Waals surface area contributed by atoms with E-state index in [4.69, 9.17) is 0 Å². The van der Waals surface area contributed by atoms with Gasteiger partial charge in [-0.2, -0.15) is 0 Å². The largest absolute Gasteiger partial charge is 0.481 e. The molecule has 0 aliphatic heterocycles. The monoisotopic (exact) mass is 258 g/mol. The van der Waals surface area contributed by atoms with Gasteiger partial charge in [0.25, 0.3) is 0 Å². The van der Waals surface area contributed by atoms with E-state index < -0.39 is 11.9 Å². The zero-order chi connectivity index (χ0) is 13.8. The molecule has 2 aromatic carbocycles. The Hall–Kier alpha value is -2.16. The van der Waals surface area contributed by atoms with Crippen LogP contribution in [0, 0.1) is 12.7 Å². The van der Waals surface area contributed by atoms with E-state index in [0.29, 0.717) is 12.0 Å². The fourth-order valence-electron chi connectivity index (χ4n) is 2.10. The summed E-state index contributed by atoms with van der Waals surface area (Å²) in [6, 6.07) is 13.8. The zero-order valence-corrected chi connectivity index (χ0v) is 10.6. The van der Waals surface area contributed by atoms with Crippen LogP contribution in [0.15, 0.2) is 48.5 Å². The van der Waals surface area contributed by atoms with Crippen LogP contribution >= 0.6 is 0 Å². The highest BCUT2D eigenvalue weighted by atomic mass is 19.1. The Bertz CT molecular complexity index is 579. The molecule has 0 heterocycles. The van der Waals surface area contributed by atoms with Gasteiger partial charge in [0.05, 0.1) is 5.92 Å². The molecule has 0 saturated carbocycles. The minimum Gasteiger partial charge on any atom is -0.481 e. The first kappa shape index (κ1) is 13.3. The van der Waals surface area contributed by atoms with Crippen LogP contribution in [-0.2, 0) is 11.2 Å². The first-order valence-electron chi connectivity index (χ1n) is 6.10. The molecule has 2 rings (SSSR count). The van der Waals surface area contributed by atoms with E-state index >= 15 is 0 Å². The van der Waals surface area contributed by atoms with Crippen LogP contribution in [0.2, 0.25) is 0 Å². The van der Waals surface area contributed by atoms with Gasteiger partial charge in [-0.05, 0) is 36.1 Å². The highest BCUT2D eigenvalue weighted by Crippen LogP contribution is 2.22. The third-order valence-electron chi connectivity index (χ3n) is 3.16. The van der Waals surface area contributed by atoms with E-state index in [1.165, 1.54) is 6.07 Å². The molecular weight excluding hydrogens is 243 g/mol. The summed E-state index contributed by atoms with van der Waals surface area (Å²) in [4.78, 5) is 11.4. The Labute approximate surface area is 111 Å². The molecule has 0 aromatic heterocycles. The molecule has 0 saturated heterocycles. The van der Waals surface area contributed by atoms with Crippen molar-refractivity contribution < 1.29 is 14.3 Å². The fourth-order valence-corrected chi connectivity index (χ4v) is 2.10. The number of carbonyl (C=O) groups is 1. The van der Waals surface area contributed by atoms with Crippen LogP contribution in [0.3, 0.4) is 0 Å². The number of aliphatic carboxylic acids is 1. The molecule has 1 atom stereocenters. The molecule has 3 heteroatoms. The second kappa shape index (κ2) is 5.65. The third kappa shape index (κ3) is 3.19. The van der Waals surface area contributed by atoms with Gasteiger partial charge in [0.15, 0.2) is 0 Å². The standard InChI is InChI=1S/C16H15FO2/c1-11-9-12(7-8-15(11)17)10-14(16(18)19)13-5-3-2-4-6-13/h2-9,14H,10H2,1H3,(H,18,19). The van der Waals surface area contributed by atoms with Gasteiger partial charge in [0.2, 0.25) is 0 Å². The molecule has 98 valence electrons. The topological polar surface area (TPSA) is 37.3 Å². The average Bonchev–Trinajstić information content (AvgIpc) is 2.40. The Morgan fingerprint density at radius 1 is 1.21 bits per heavy atom. The Morgan fingerprint density at radius 2 is 1.89 bits per heavy atom. The molecular formula is C16H15FO2. The summed E-state index contributed by atoms with van der Waals surface area (Å²) >= 11 is 0. The maximum atomic E-state index is 13.2. The van der Waals surface area contributed by atoms with Crippen molar-refractivity contribution in [2.24, 2.45) is 0 Å². The fraction of sp³-hybridized carbons (Fsp3) is 0.188. The summed E-state index contributed by atoms with van der Waals surface area (Å²) in [5.74, 6) is -1.74. The summed E-state index contributed by atoms with van der Waals surface area (Å²) < 4.78 is 13.2. The van der Waals surface area contributed by atoms with Crippen LogP contribution in [0.25, 0.3) is 0 Å². The normalized spacial score (nSPS) is 12.1. The molecule has 1 unspecified atom stereocenters. The number of aryl methyl sites for hydroxylation is 1. The molecule has 0 radical (unpaired) electrons. The van der Waals surface area contributed by atoms with Gasteiger partial charge in [0.1, 0.15) is 5.82 Å². The quantitative estimate of drug-likeness (QED) is 0.910. The zero-order valence-electron chi connectivity index (χ0n) is 10.6. The molecule has 0 aliphatic carbocycles. The molecule has 2 nitrogen and oxygen atoms in total. The lowest BCUT2D eigenvalue weighted by Gasteiger charge is -2.13. The number of hydrogen-bond donors (Lipinski definition) is 1. The first-order valence-corrected chi connectivity index (χ1v) is 6.10. The van der Waals surface area contributed by atoms with Crippen LogP contribution < -0.4 is 0 Å². The van der Waals surface area contributed by atoms with Crippen molar-refractivity contribution >= 4 is 5.97 Å². The lowest BCUT2D eigenvalue weighted by Crippen LogP contribution is -2.14. The van der Waals surface area contributed by atoms with Crippen molar-refractivity contribution in [1.82, 2.24) is 0 Å². The van der Waals surface area contributed by atoms with E-state index in [9.17, 15) is 14.3 Å². The summed E-state index contributed by atoms with van der Waals surface area (Å²) in [6.07, 6.45) is 0.362. The molecule has 19 heavy (non-hydrogen) atoms. The van der Waals surface area contributed by atoms with Gasteiger partial charge in [-0.25, -0.2) is 4.39 Å². The van der Waals surface area contributed by atoms with Gasteiger partial charge in [-0.3, -0.25) is 4.79 Å². The maximum Gasteiger partial charge on any atom is 0.311 e. The summed E-state index contributed by atoms with van der Waals surface area (Å²) in [5, 5.41) is 9.34. The second-order valence-electron chi connectivity index (χ2n) is 4.59. The Morgan fingerprint density at radius 3 is 2.47 bits per heavy atom. The minimum atomic E-state index is -0.867. The number of hydrogen-bond acceptors (Lipinski definition) is 1. The first-order chi connectivity index (χ1) is 9.08. The molecule has 0 bridgehead atoms. The van der Waals surface area contributed by atoms with Crippen molar-refractivity contribution in [1.29, 1.82) is 0 Å². The number of carboxylic acid groups (broad SMARTS) is 1. The molecule has 1 N–H and O–H groups in total.